The number of rotatable bonds is 3. The largest absolute Gasteiger partial charge is 0.467 e. The van der Waals surface area contributed by atoms with Gasteiger partial charge >= 0.3 is 0 Å². The fraction of sp³-hybridized carbons (Fsp3) is 0.700. The molecule has 0 atom stereocenters. The van der Waals surface area contributed by atoms with Gasteiger partial charge in [0.05, 0.1) is 0 Å². The minimum absolute atomic E-state index is 0.245. The van der Waals surface area contributed by atoms with E-state index in [9.17, 15) is 0 Å². The third kappa shape index (κ3) is 3.06. The van der Waals surface area contributed by atoms with Gasteiger partial charge in [0.1, 0.15) is 11.3 Å². The zero-order valence-electron chi connectivity index (χ0n) is 8.36. The molecule has 1 aliphatic carbocycles. The average molecular weight is 248 g/mol. The van der Waals surface area contributed by atoms with E-state index in [1.54, 1.807) is 5.38 Å². The van der Waals surface area contributed by atoms with E-state index < -0.39 is 0 Å². The van der Waals surface area contributed by atoms with E-state index in [0.29, 0.717) is 22.9 Å². The molecule has 1 N–H and O–H groups in total. The molecule has 0 spiro atoms. The number of aliphatic hydroxyl groups is 1. The maximum absolute atomic E-state index is 9.00. The summed E-state index contributed by atoms with van der Waals surface area (Å²) in [5, 5.41) is 11.9. The number of ether oxygens (including phenoxy) is 1. The molecule has 5 heteroatoms. The number of aliphatic hydroxyl groups excluding tert-OH is 1. The van der Waals surface area contributed by atoms with Gasteiger partial charge in [0.25, 0.3) is 5.19 Å². The van der Waals surface area contributed by atoms with Crippen molar-refractivity contribution in [3.63, 3.8) is 0 Å². The van der Waals surface area contributed by atoms with Gasteiger partial charge in [0, 0.05) is 12.0 Å². The number of hydrogen-bond donors (Lipinski definition) is 1. The molecule has 0 aromatic carbocycles. The highest BCUT2D eigenvalue weighted by Gasteiger charge is 2.22. The highest BCUT2D eigenvalue weighted by Crippen LogP contribution is 2.29. The molecule has 0 radical (unpaired) electrons. The second kappa shape index (κ2) is 5.14. The van der Waals surface area contributed by atoms with E-state index in [4.69, 9.17) is 21.4 Å². The van der Waals surface area contributed by atoms with E-state index in [0.717, 1.165) is 25.7 Å². The van der Waals surface area contributed by atoms with E-state index in [1.807, 2.05) is 0 Å². The molecule has 1 aliphatic rings. The van der Waals surface area contributed by atoms with Gasteiger partial charge in [-0.2, -0.15) is 4.98 Å². The van der Waals surface area contributed by atoms with Crippen molar-refractivity contribution in [1.82, 2.24) is 4.98 Å². The van der Waals surface area contributed by atoms with Gasteiger partial charge in [-0.25, -0.2) is 0 Å². The van der Waals surface area contributed by atoms with Crippen molar-refractivity contribution < 1.29 is 9.84 Å². The molecule has 1 aromatic heterocycles. The van der Waals surface area contributed by atoms with Crippen molar-refractivity contribution in [3.05, 3.63) is 10.5 Å². The Morgan fingerprint density at radius 2 is 2.20 bits per heavy atom. The molecule has 15 heavy (non-hydrogen) atoms. The Kier molecular flexibility index (Phi) is 3.83. The van der Waals surface area contributed by atoms with Crippen LogP contribution in [0.15, 0.2) is 5.38 Å². The van der Waals surface area contributed by atoms with Gasteiger partial charge in [0.2, 0.25) is 0 Å². The summed E-state index contributed by atoms with van der Waals surface area (Å²) in [5.74, 6) is 0.463. The van der Waals surface area contributed by atoms with Crippen molar-refractivity contribution in [2.24, 2.45) is 5.92 Å². The molecule has 3 nitrogen and oxygen atoms in total. The third-order valence-electron chi connectivity index (χ3n) is 2.77. The van der Waals surface area contributed by atoms with Crippen molar-refractivity contribution in [1.29, 1.82) is 0 Å². The fourth-order valence-corrected chi connectivity index (χ4v) is 2.72. The number of thiazole rings is 1. The Morgan fingerprint density at radius 3 is 2.73 bits per heavy atom. The topological polar surface area (TPSA) is 42.4 Å². The first-order valence-electron chi connectivity index (χ1n) is 5.16. The van der Waals surface area contributed by atoms with Crippen LogP contribution in [-0.2, 0) is 0 Å². The van der Waals surface area contributed by atoms with Gasteiger partial charge < -0.3 is 9.84 Å². The first kappa shape index (κ1) is 11.2. The quantitative estimate of drug-likeness (QED) is 0.893. The Morgan fingerprint density at radius 1 is 1.47 bits per heavy atom. The SMILES string of the molecule is OCC1CCC(Oc2nc(Cl)cs2)CC1. The summed E-state index contributed by atoms with van der Waals surface area (Å²) in [6.07, 6.45) is 4.33. The molecule has 1 saturated carbocycles. The van der Waals surface area contributed by atoms with Crippen molar-refractivity contribution in [3.8, 4) is 5.19 Å². The van der Waals surface area contributed by atoms with Crippen LogP contribution in [0.2, 0.25) is 5.15 Å². The number of nitrogens with zero attached hydrogens (tertiary/aromatic N) is 1. The van der Waals surface area contributed by atoms with Crippen LogP contribution in [0, 0.1) is 5.92 Å². The fourth-order valence-electron chi connectivity index (χ4n) is 1.87. The van der Waals surface area contributed by atoms with Gasteiger partial charge in [0.15, 0.2) is 0 Å². The molecular weight excluding hydrogens is 234 g/mol. The minimum atomic E-state index is 0.245. The lowest BCUT2D eigenvalue weighted by Crippen LogP contribution is -2.25. The molecule has 0 amide bonds. The molecule has 1 fully saturated rings. The summed E-state index contributed by atoms with van der Waals surface area (Å²) in [4.78, 5) is 4.06. The zero-order valence-corrected chi connectivity index (χ0v) is 9.93. The number of hydrogen-bond acceptors (Lipinski definition) is 4. The summed E-state index contributed by atoms with van der Waals surface area (Å²) in [6, 6.07) is 0. The summed E-state index contributed by atoms with van der Waals surface area (Å²) in [5.41, 5.74) is 0. The normalized spacial score (nSPS) is 26.5. The Bertz CT molecular complexity index is 310. The molecule has 0 unspecified atom stereocenters. The molecule has 84 valence electrons. The summed E-state index contributed by atoms with van der Waals surface area (Å²) < 4.78 is 5.71. The number of aromatic nitrogens is 1. The van der Waals surface area contributed by atoms with Gasteiger partial charge in [-0.05, 0) is 31.6 Å². The monoisotopic (exact) mass is 247 g/mol. The van der Waals surface area contributed by atoms with Gasteiger partial charge in [-0.3, -0.25) is 0 Å². The molecule has 2 rings (SSSR count). The zero-order chi connectivity index (χ0) is 10.7. The minimum Gasteiger partial charge on any atom is -0.467 e. The first-order valence-corrected chi connectivity index (χ1v) is 6.42. The van der Waals surface area contributed by atoms with E-state index >= 15 is 0 Å². The second-order valence-corrected chi connectivity index (χ2v) is 5.09. The second-order valence-electron chi connectivity index (χ2n) is 3.88. The standard InChI is InChI=1S/C10H14ClNO2S/c11-9-6-15-10(12-9)14-8-3-1-7(5-13)2-4-8/h6-8,13H,1-5H2. The van der Waals surface area contributed by atoms with Crippen molar-refractivity contribution in [2.45, 2.75) is 31.8 Å². The van der Waals surface area contributed by atoms with E-state index in [-0.39, 0.29) is 6.10 Å². The maximum atomic E-state index is 9.00. The van der Waals surface area contributed by atoms with Gasteiger partial charge in [-0.15, -0.1) is 0 Å². The lowest BCUT2D eigenvalue weighted by Gasteiger charge is -2.26. The van der Waals surface area contributed by atoms with Gasteiger partial charge in [-0.1, -0.05) is 22.9 Å². The third-order valence-corrected chi connectivity index (χ3v) is 3.83. The van der Waals surface area contributed by atoms with E-state index in [1.165, 1.54) is 11.3 Å². The van der Waals surface area contributed by atoms with Crippen LogP contribution in [0.25, 0.3) is 0 Å². The summed E-state index contributed by atoms with van der Waals surface area (Å²) in [6.45, 7) is 0.301. The van der Waals surface area contributed by atoms with Crippen molar-refractivity contribution >= 4 is 22.9 Å². The maximum Gasteiger partial charge on any atom is 0.274 e. The lowest BCUT2D eigenvalue weighted by atomic mass is 9.88. The predicted molar refractivity (Wildman–Crippen MR) is 60.6 cm³/mol. The molecule has 1 heterocycles. The highest BCUT2D eigenvalue weighted by molar-refractivity contribution is 7.11. The Labute approximate surface area is 98.1 Å². The smallest absolute Gasteiger partial charge is 0.274 e. The Hall–Kier alpha value is -0.320. The first-order chi connectivity index (χ1) is 7.28. The molecule has 0 saturated heterocycles. The van der Waals surface area contributed by atoms with Crippen LogP contribution in [0.4, 0.5) is 0 Å². The lowest BCUT2D eigenvalue weighted by molar-refractivity contribution is 0.104. The van der Waals surface area contributed by atoms with Crippen LogP contribution < -0.4 is 4.74 Å². The van der Waals surface area contributed by atoms with Crippen LogP contribution in [0.5, 0.6) is 5.19 Å². The average Bonchev–Trinajstić information content (AvgIpc) is 2.65. The van der Waals surface area contributed by atoms with Crippen LogP contribution in [-0.4, -0.2) is 22.8 Å². The number of halogens is 1. The molecule has 0 bridgehead atoms. The highest BCUT2D eigenvalue weighted by atomic mass is 35.5. The summed E-state index contributed by atoms with van der Waals surface area (Å²) >= 11 is 7.15. The predicted octanol–water partition coefficient (Wildman–Crippen LogP) is 2.73. The Balaban J connectivity index is 1.82. The van der Waals surface area contributed by atoms with Crippen molar-refractivity contribution in [2.75, 3.05) is 6.61 Å². The van der Waals surface area contributed by atoms with Crippen LogP contribution in [0.1, 0.15) is 25.7 Å². The summed E-state index contributed by atoms with van der Waals surface area (Å²) in [7, 11) is 0. The van der Waals surface area contributed by atoms with Crippen LogP contribution >= 0.6 is 22.9 Å². The van der Waals surface area contributed by atoms with E-state index in [2.05, 4.69) is 4.98 Å². The van der Waals surface area contributed by atoms with Crippen LogP contribution in [0.3, 0.4) is 0 Å². The molecule has 1 aromatic rings. The molecular formula is C10H14ClNO2S. The molecule has 0 aliphatic heterocycles.